The Labute approximate surface area is 123 Å². The van der Waals surface area contributed by atoms with Crippen molar-refractivity contribution in [2.24, 2.45) is 0 Å². The highest BCUT2D eigenvalue weighted by Gasteiger charge is 2.14. The van der Waals surface area contributed by atoms with Crippen LogP contribution in [0.4, 0.5) is 10.1 Å². The number of halogens is 1. The zero-order valence-electron chi connectivity index (χ0n) is 12.4. The largest absolute Gasteiger partial charge is 0.492 e. The van der Waals surface area contributed by atoms with E-state index in [2.05, 4.69) is 5.32 Å². The molecule has 0 aliphatic carbocycles. The van der Waals surface area contributed by atoms with Crippen LogP contribution < -0.4 is 10.1 Å². The fraction of sp³-hybridized carbons (Fsp3) is 0.235. The van der Waals surface area contributed by atoms with Crippen molar-refractivity contribution < 1.29 is 13.9 Å². The van der Waals surface area contributed by atoms with Crippen LogP contribution in [0.3, 0.4) is 0 Å². The number of carbonyl (C=O) groups is 1. The van der Waals surface area contributed by atoms with E-state index in [-0.39, 0.29) is 5.56 Å². The van der Waals surface area contributed by atoms with Crippen LogP contribution in [0.25, 0.3) is 0 Å². The van der Waals surface area contributed by atoms with Crippen molar-refractivity contribution in [2.75, 3.05) is 11.9 Å². The lowest BCUT2D eigenvalue weighted by molar-refractivity contribution is 0.102. The predicted molar refractivity (Wildman–Crippen MR) is 81.4 cm³/mol. The maximum absolute atomic E-state index is 13.7. The molecule has 21 heavy (non-hydrogen) atoms. The standard InChI is InChI=1S/C17H18FNO2/c1-4-21-16-10-12(3)6-8-15(16)19-17(20)13-9-11(2)5-7-14(13)18/h5-10H,4H2,1-3H3,(H,19,20). The van der Waals surface area contributed by atoms with Gasteiger partial charge in [0.15, 0.2) is 0 Å². The lowest BCUT2D eigenvalue weighted by atomic mass is 10.1. The number of rotatable bonds is 4. The topological polar surface area (TPSA) is 38.3 Å². The van der Waals surface area contributed by atoms with Crippen LogP contribution in [0.15, 0.2) is 36.4 Å². The summed E-state index contributed by atoms with van der Waals surface area (Å²) >= 11 is 0. The van der Waals surface area contributed by atoms with Gasteiger partial charge in [-0.25, -0.2) is 4.39 Å². The molecule has 110 valence electrons. The van der Waals surface area contributed by atoms with Crippen LogP contribution in [0, 0.1) is 19.7 Å². The Morgan fingerprint density at radius 3 is 2.52 bits per heavy atom. The molecule has 0 aliphatic heterocycles. The molecule has 0 bridgehead atoms. The predicted octanol–water partition coefficient (Wildman–Crippen LogP) is 4.09. The van der Waals surface area contributed by atoms with E-state index in [0.29, 0.717) is 18.0 Å². The molecular weight excluding hydrogens is 269 g/mol. The molecule has 0 unspecified atom stereocenters. The van der Waals surface area contributed by atoms with Crippen molar-refractivity contribution in [2.45, 2.75) is 20.8 Å². The van der Waals surface area contributed by atoms with Gasteiger partial charge in [0.25, 0.3) is 5.91 Å². The lowest BCUT2D eigenvalue weighted by Crippen LogP contribution is -2.15. The highest BCUT2D eigenvalue weighted by atomic mass is 19.1. The molecule has 0 atom stereocenters. The quantitative estimate of drug-likeness (QED) is 0.919. The number of carbonyl (C=O) groups excluding carboxylic acids is 1. The van der Waals surface area contributed by atoms with Crippen molar-refractivity contribution >= 4 is 11.6 Å². The molecule has 1 amide bonds. The van der Waals surface area contributed by atoms with Crippen LogP contribution in [-0.4, -0.2) is 12.5 Å². The number of anilines is 1. The van der Waals surface area contributed by atoms with Crippen LogP contribution in [0.2, 0.25) is 0 Å². The molecule has 2 rings (SSSR count). The molecule has 0 radical (unpaired) electrons. The summed E-state index contributed by atoms with van der Waals surface area (Å²) in [4.78, 5) is 12.2. The van der Waals surface area contributed by atoms with Gasteiger partial charge in [0.2, 0.25) is 0 Å². The van der Waals surface area contributed by atoms with E-state index >= 15 is 0 Å². The number of hydrogen-bond acceptors (Lipinski definition) is 2. The smallest absolute Gasteiger partial charge is 0.258 e. The fourth-order valence-electron chi connectivity index (χ4n) is 2.01. The second-order valence-electron chi connectivity index (χ2n) is 4.87. The SMILES string of the molecule is CCOc1cc(C)ccc1NC(=O)c1cc(C)ccc1F. The maximum atomic E-state index is 13.7. The third kappa shape index (κ3) is 3.60. The zero-order chi connectivity index (χ0) is 15.4. The van der Waals surface area contributed by atoms with E-state index in [1.54, 1.807) is 12.1 Å². The van der Waals surface area contributed by atoms with E-state index in [1.807, 2.05) is 32.9 Å². The molecule has 0 fully saturated rings. The Morgan fingerprint density at radius 1 is 1.14 bits per heavy atom. The van der Waals surface area contributed by atoms with Crippen LogP contribution >= 0.6 is 0 Å². The number of nitrogens with one attached hydrogen (secondary N) is 1. The van der Waals surface area contributed by atoms with Crippen molar-refractivity contribution in [1.82, 2.24) is 0 Å². The molecule has 0 saturated carbocycles. The Hall–Kier alpha value is -2.36. The van der Waals surface area contributed by atoms with E-state index in [1.165, 1.54) is 12.1 Å². The number of aryl methyl sites for hydroxylation is 2. The summed E-state index contributed by atoms with van der Waals surface area (Å²) in [6, 6.07) is 9.91. The average molecular weight is 287 g/mol. The first-order valence-corrected chi connectivity index (χ1v) is 6.82. The average Bonchev–Trinajstić information content (AvgIpc) is 2.44. The Balaban J connectivity index is 2.29. The van der Waals surface area contributed by atoms with Gasteiger partial charge < -0.3 is 10.1 Å². The van der Waals surface area contributed by atoms with Crippen LogP contribution in [-0.2, 0) is 0 Å². The first-order valence-electron chi connectivity index (χ1n) is 6.82. The molecule has 0 aliphatic rings. The van der Waals surface area contributed by atoms with Crippen molar-refractivity contribution in [3.05, 3.63) is 58.9 Å². The van der Waals surface area contributed by atoms with Gasteiger partial charge in [-0.2, -0.15) is 0 Å². The number of ether oxygens (including phenoxy) is 1. The van der Waals surface area contributed by atoms with Gasteiger partial charge in [-0.05, 0) is 50.6 Å². The van der Waals surface area contributed by atoms with Crippen molar-refractivity contribution in [3.63, 3.8) is 0 Å². The van der Waals surface area contributed by atoms with Crippen LogP contribution in [0.5, 0.6) is 5.75 Å². The van der Waals surface area contributed by atoms with Gasteiger partial charge in [-0.3, -0.25) is 4.79 Å². The lowest BCUT2D eigenvalue weighted by Gasteiger charge is -2.13. The Kier molecular flexibility index (Phi) is 4.58. The van der Waals surface area contributed by atoms with Gasteiger partial charge in [-0.15, -0.1) is 0 Å². The van der Waals surface area contributed by atoms with E-state index < -0.39 is 11.7 Å². The first kappa shape index (κ1) is 15.0. The van der Waals surface area contributed by atoms with E-state index in [9.17, 15) is 9.18 Å². The minimum Gasteiger partial charge on any atom is -0.492 e. The zero-order valence-corrected chi connectivity index (χ0v) is 12.4. The summed E-state index contributed by atoms with van der Waals surface area (Å²) in [5, 5.41) is 2.70. The molecule has 3 nitrogen and oxygen atoms in total. The normalized spacial score (nSPS) is 10.3. The van der Waals surface area contributed by atoms with Gasteiger partial charge in [0, 0.05) is 0 Å². The highest BCUT2D eigenvalue weighted by Crippen LogP contribution is 2.26. The van der Waals surface area contributed by atoms with Crippen molar-refractivity contribution in [3.8, 4) is 5.75 Å². The second-order valence-corrected chi connectivity index (χ2v) is 4.87. The Bertz CT molecular complexity index is 668. The number of amides is 1. The summed E-state index contributed by atoms with van der Waals surface area (Å²) in [7, 11) is 0. The molecule has 1 N–H and O–H groups in total. The first-order chi connectivity index (χ1) is 10.0. The summed E-state index contributed by atoms with van der Waals surface area (Å²) in [5.74, 6) is -0.442. The van der Waals surface area contributed by atoms with Gasteiger partial charge in [0.1, 0.15) is 11.6 Å². The molecule has 2 aromatic carbocycles. The Morgan fingerprint density at radius 2 is 1.81 bits per heavy atom. The minimum atomic E-state index is -0.539. The molecule has 0 saturated heterocycles. The van der Waals surface area contributed by atoms with Gasteiger partial charge in [-0.1, -0.05) is 17.7 Å². The van der Waals surface area contributed by atoms with Crippen LogP contribution in [0.1, 0.15) is 28.4 Å². The van der Waals surface area contributed by atoms with Gasteiger partial charge >= 0.3 is 0 Å². The molecule has 0 heterocycles. The summed E-state index contributed by atoms with van der Waals surface area (Å²) < 4.78 is 19.2. The van der Waals surface area contributed by atoms with Crippen molar-refractivity contribution in [1.29, 1.82) is 0 Å². The number of benzene rings is 2. The monoisotopic (exact) mass is 287 g/mol. The maximum Gasteiger partial charge on any atom is 0.258 e. The summed E-state index contributed by atoms with van der Waals surface area (Å²) in [6.07, 6.45) is 0. The molecular formula is C17H18FNO2. The second kappa shape index (κ2) is 6.39. The fourth-order valence-corrected chi connectivity index (χ4v) is 2.01. The minimum absolute atomic E-state index is 0.0259. The summed E-state index contributed by atoms with van der Waals surface area (Å²) in [6.45, 7) is 6.11. The highest BCUT2D eigenvalue weighted by molar-refractivity contribution is 6.05. The third-order valence-corrected chi connectivity index (χ3v) is 3.05. The molecule has 4 heteroatoms. The van der Waals surface area contributed by atoms with Gasteiger partial charge in [0.05, 0.1) is 17.9 Å². The van der Waals surface area contributed by atoms with E-state index in [4.69, 9.17) is 4.74 Å². The third-order valence-electron chi connectivity index (χ3n) is 3.05. The molecule has 0 aromatic heterocycles. The summed E-state index contributed by atoms with van der Waals surface area (Å²) in [5.41, 5.74) is 2.42. The number of hydrogen-bond donors (Lipinski definition) is 1. The molecule has 0 spiro atoms. The van der Waals surface area contributed by atoms with E-state index in [0.717, 1.165) is 11.1 Å². The molecule has 2 aromatic rings.